The van der Waals surface area contributed by atoms with Crippen LogP contribution in [0.25, 0.3) is 0 Å². The summed E-state index contributed by atoms with van der Waals surface area (Å²) in [5.41, 5.74) is 0.195. The molecule has 2 atom stereocenters. The lowest BCUT2D eigenvalue weighted by molar-refractivity contribution is -0.0607. The Morgan fingerprint density at radius 3 is 2.54 bits per heavy atom. The Morgan fingerprint density at radius 2 is 1.85 bits per heavy atom. The molecule has 2 bridgehead atoms. The average molecular weight is 354 g/mol. The Bertz CT molecular complexity index is 742. The Hall–Kier alpha value is -1.86. The van der Waals surface area contributed by atoms with Crippen molar-refractivity contribution in [3.05, 3.63) is 35.9 Å². The van der Waals surface area contributed by atoms with E-state index < -0.39 is 5.60 Å². The van der Waals surface area contributed by atoms with E-state index in [1.165, 1.54) is 25.7 Å². The largest absolute Gasteiger partial charge is 0.385 e. The summed E-state index contributed by atoms with van der Waals surface area (Å²) in [6.07, 6.45) is 12.3. The Labute approximate surface area is 153 Å². The van der Waals surface area contributed by atoms with Crippen LogP contribution < -0.4 is 0 Å². The molecule has 0 aromatic carbocycles. The number of hydrogen-bond donors (Lipinski definition) is 1. The van der Waals surface area contributed by atoms with Gasteiger partial charge in [-0.05, 0) is 55.0 Å². The van der Waals surface area contributed by atoms with Crippen LogP contribution in [0.3, 0.4) is 0 Å². The summed E-state index contributed by atoms with van der Waals surface area (Å²) >= 11 is 0. The average Bonchev–Trinajstić information content (AvgIpc) is 3.38. The van der Waals surface area contributed by atoms with Crippen LogP contribution >= 0.6 is 0 Å². The summed E-state index contributed by atoms with van der Waals surface area (Å²) in [5.74, 6) is 0.987. The quantitative estimate of drug-likeness (QED) is 0.907. The molecule has 2 aromatic heterocycles. The molecular formula is C19H26N6O. The second-order valence-corrected chi connectivity index (χ2v) is 8.22. The van der Waals surface area contributed by atoms with Gasteiger partial charge >= 0.3 is 0 Å². The molecule has 0 radical (unpaired) electrons. The molecule has 1 aliphatic carbocycles. The Kier molecular flexibility index (Phi) is 4.01. The number of hydrogen-bond acceptors (Lipinski definition) is 6. The highest BCUT2D eigenvalue weighted by Gasteiger charge is 2.48. The van der Waals surface area contributed by atoms with E-state index in [1.54, 1.807) is 6.20 Å². The molecule has 1 N–H and O–H groups in total. The molecule has 2 unspecified atom stereocenters. The van der Waals surface area contributed by atoms with E-state index in [4.69, 9.17) is 0 Å². The molecule has 2 aromatic rings. The third-order valence-electron chi connectivity index (χ3n) is 6.67. The van der Waals surface area contributed by atoms with Gasteiger partial charge in [0.15, 0.2) is 5.82 Å². The number of rotatable bonds is 4. The summed E-state index contributed by atoms with van der Waals surface area (Å²) in [5, 5.41) is 23.9. The van der Waals surface area contributed by atoms with Gasteiger partial charge in [0.05, 0.1) is 18.2 Å². The fourth-order valence-electron chi connectivity index (χ4n) is 5.36. The molecule has 7 nitrogen and oxygen atoms in total. The second kappa shape index (κ2) is 6.39. The summed E-state index contributed by atoms with van der Waals surface area (Å²) < 4.78 is 2.06. The lowest BCUT2D eigenvalue weighted by Crippen LogP contribution is -2.49. The molecule has 2 aliphatic heterocycles. The minimum Gasteiger partial charge on any atom is -0.385 e. The fourth-order valence-corrected chi connectivity index (χ4v) is 5.36. The highest BCUT2D eigenvalue weighted by Crippen LogP contribution is 2.46. The van der Waals surface area contributed by atoms with Crippen molar-refractivity contribution in [2.24, 2.45) is 0 Å². The first-order chi connectivity index (χ1) is 12.7. The number of piperidine rings is 1. The Balaban J connectivity index is 1.35. The number of fused-ring (bicyclic) bond motifs is 2. The van der Waals surface area contributed by atoms with Crippen LogP contribution in [0.2, 0.25) is 0 Å². The number of nitrogens with zero attached hydrogens (tertiary/aromatic N) is 6. The molecule has 1 saturated carbocycles. The van der Waals surface area contributed by atoms with Gasteiger partial charge in [0.1, 0.15) is 0 Å². The van der Waals surface area contributed by atoms with Crippen molar-refractivity contribution in [3.8, 4) is 0 Å². The highest BCUT2D eigenvalue weighted by molar-refractivity contribution is 5.21. The monoisotopic (exact) mass is 354 g/mol. The predicted octanol–water partition coefficient (Wildman–Crippen LogP) is 2.20. The van der Waals surface area contributed by atoms with Gasteiger partial charge in [-0.15, -0.1) is 5.10 Å². The third-order valence-corrected chi connectivity index (χ3v) is 6.67. The van der Waals surface area contributed by atoms with Crippen molar-refractivity contribution in [3.63, 3.8) is 0 Å². The summed E-state index contributed by atoms with van der Waals surface area (Å²) in [6, 6.07) is 5.15. The van der Waals surface area contributed by atoms with Crippen molar-refractivity contribution in [2.75, 3.05) is 0 Å². The number of tetrazole rings is 1. The summed E-state index contributed by atoms with van der Waals surface area (Å²) in [4.78, 5) is 6.74. The van der Waals surface area contributed by atoms with Gasteiger partial charge < -0.3 is 5.11 Å². The minimum atomic E-state index is -0.756. The van der Waals surface area contributed by atoms with E-state index in [-0.39, 0.29) is 0 Å². The van der Waals surface area contributed by atoms with Gasteiger partial charge in [0.25, 0.3) is 0 Å². The van der Waals surface area contributed by atoms with Gasteiger partial charge in [-0.25, -0.2) is 4.68 Å². The predicted molar refractivity (Wildman–Crippen MR) is 95.0 cm³/mol. The zero-order valence-corrected chi connectivity index (χ0v) is 15.0. The third kappa shape index (κ3) is 2.74. The fraction of sp³-hybridized carbons (Fsp3) is 0.684. The standard InChI is InChI=1S/C19H26N6O/c26-19(14-4-3-9-20-12-14)10-16-7-8-17(11-19)24(16)13-18-21-22-23-25(18)15-5-1-2-6-15/h3-4,9,12,15-17,26H,1-2,5-8,10-11,13H2. The maximum atomic E-state index is 11.3. The minimum absolute atomic E-state index is 0.382. The molecular weight excluding hydrogens is 328 g/mol. The van der Waals surface area contributed by atoms with Gasteiger partial charge in [-0.1, -0.05) is 18.9 Å². The van der Waals surface area contributed by atoms with Gasteiger partial charge in [0, 0.05) is 30.0 Å². The van der Waals surface area contributed by atoms with E-state index in [0.29, 0.717) is 18.1 Å². The highest BCUT2D eigenvalue weighted by atomic mass is 16.3. The smallest absolute Gasteiger partial charge is 0.165 e. The molecule has 138 valence electrons. The SMILES string of the molecule is OC1(c2cccnc2)CC2CCC(C1)N2Cc1nnnn1C1CCCC1. The van der Waals surface area contributed by atoms with Gasteiger partial charge in [-0.2, -0.15) is 0 Å². The van der Waals surface area contributed by atoms with Crippen molar-refractivity contribution in [2.45, 2.75) is 81.6 Å². The lowest BCUT2D eigenvalue weighted by Gasteiger charge is -2.43. The normalized spacial score (nSPS) is 32.3. The van der Waals surface area contributed by atoms with Crippen molar-refractivity contribution in [1.82, 2.24) is 30.1 Å². The van der Waals surface area contributed by atoms with E-state index in [1.807, 2.05) is 18.3 Å². The zero-order valence-electron chi connectivity index (χ0n) is 15.0. The first kappa shape index (κ1) is 16.3. The molecule has 3 fully saturated rings. The first-order valence-corrected chi connectivity index (χ1v) is 9.88. The van der Waals surface area contributed by atoms with Crippen LogP contribution in [0.1, 0.15) is 68.8 Å². The maximum absolute atomic E-state index is 11.3. The molecule has 0 spiro atoms. The molecule has 7 heteroatoms. The van der Waals surface area contributed by atoms with E-state index in [9.17, 15) is 5.11 Å². The lowest BCUT2D eigenvalue weighted by atomic mass is 9.81. The van der Waals surface area contributed by atoms with Crippen LogP contribution in [-0.4, -0.2) is 47.3 Å². The van der Waals surface area contributed by atoms with E-state index in [2.05, 4.69) is 30.1 Å². The number of aromatic nitrogens is 5. The van der Waals surface area contributed by atoms with E-state index in [0.717, 1.165) is 43.6 Å². The Morgan fingerprint density at radius 1 is 1.08 bits per heavy atom. The van der Waals surface area contributed by atoms with Gasteiger partial charge in [-0.3, -0.25) is 9.88 Å². The molecule has 0 amide bonds. The second-order valence-electron chi connectivity index (χ2n) is 8.22. The molecule has 5 rings (SSSR count). The van der Waals surface area contributed by atoms with E-state index >= 15 is 0 Å². The van der Waals surface area contributed by atoms with Crippen molar-refractivity contribution < 1.29 is 5.11 Å². The molecule has 26 heavy (non-hydrogen) atoms. The van der Waals surface area contributed by atoms with Crippen molar-refractivity contribution in [1.29, 1.82) is 0 Å². The molecule has 3 aliphatic rings. The van der Waals surface area contributed by atoms with Crippen LogP contribution in [0.5, 0.6) is 0 Å². The van der Waals surface area contributed by atoms with Crippen LogP contribution in [0.15, 0.2) is 24.5 Å². The zero-order chi connectivity index (χ0) is 17.6. The van der Waals surface area contributed by atoms with Gasteiger partial charge in [0.2, 0.25) is 0 Å². The topological polar surface area (TPSA) is 80.0 Å². The summed E-state index contributed by atoms with van der Waals surface area (Å²) in [7, 11) is 0. The number of aliphatic hydroxyl groups is 1. The summed E-state index contributed by atoms with van der Waals surface area (Å²) in [6.45, 7) is 0.794. The molecule has 2 saturated heterocycles. The van der Waals surface area contributed by atoms with Crippen LogP contribution in [0, 0.1) is 0 Å². The van der Waals surface area contributed by atoms with Crippen molar-refractivity contribution >= 4 is 0 Å². The first-order valence-electron chi connectivity index (χ1n) is 9.88. The molecule has 4 heterocycles. The van der Waals surface area contributed by atoms with Crippen LogP contribution in [0.4, 0.5) is 0 Å². The number of pyridine rings is 1. The maximum Gasteiger partial charge on any atom is 0.165 e. The van der Waals surface area contributed by atoms with Crippen LogP contribution in [-0.2, 0) is 12.1 Å².